The second-order valence-electron chi connectivity index (χ2n) is 11.2. The number of fused-ring (bicyclic) bond motifs is 1. The van der Waals surface area contributed by atoms with Crippen molar-refractivity contribution in [3.8, 4) is 5.75 Å². The highest BCUT2D eigenvalue weighted by molar-refractivity contribution is 5.77. The van der Waals surface area contributed by atoms with E-state index in [1.165, 1.54) is 43.0 Å². The van der Waals surface area contributed by atoms with E-state index in [1.807, 2.05) is 6.07 Å². The molecule has 42 heavy (non-hydrogen) atoms. The van der Waals surface area contributed by atoms with Gasteiger partial charge in [0.05, 0.1) is 18.2 Å². The Balaban J connectivity index is 1.22. The third-order valence-corrected chi connectivity index (χ3v) is 8.03. The highest BCUT2D eigenvalue weighted by Gasteiger charge is 2.30. The molecule has 5 rings (SSSR count). The van der Waals surface area contributed by atoms with Crippen LogP contribution in [0.5, 0.6) is 5.75 Å². The van der Waals surface area contributed by atoms with E-state index in [0.29, 0.717) is 31.6 Å². The van der Waals surface area contributed by atoms with Gasteiger partial charge in [-0.2, -0.15) is 13.2 Å². The molecule has 0 unspecified atom stereocenters. The lowest BCUT2D eigenvalue weighted by Gasteiger charge is -2.29. The van der Waals surface area contributed by atoms with Crippen molar-refractivity contribution in [2.24, 2.45) is 0 Å². The average Bonchev–Trinajstić information content (AvgIpc) is 2.97. The number of hydrogen-bond acceptors (Lipinski definition) is 4. The number of halogens is 4. The van der Waals surface area contributed by atoms with Gasteiger partial charge in [0.1, 0.15) is 11.6 Å². The van der Waals surface area contributed by atoms with Crippen molar-refractivity contribution in [2.45, 2.75) is 63.3 Å². The summed E-state index contributed by atoms with van der Waals surface area (Å²) in [5, 5.41) is 6.45. The third-order valence-electron chi connectivity index (χ3n) is 8.03. The molecule has 0 radical (unpaired) electrons. The van der Waals surface area contributed by atoms with Crippen LogP contribution in [0.4, 0.5) is 17.6 Å². The molecule has 3 aromatic carbocycles. The number of nitrogens with zero attached hydrogens (tertiary/aromatic N) is 1. The van der Waals surface area contributed by atoms with Crippen LogP contribution in [0.2, 0.25) is 0 Å². The van der Waals surface area contributed by atoms with E-state index in [4.69, 9.17) is 4.74 Å². The van der Waals surface area contributed by atoms with E-state index in [0.717, 1.165) is 48.6 Å². The Labute approximate surface area is 244 Å². The van der Waals surface area contributed by atoms with Crippen molar-refractivity contribution < 1.29 is 27.1 Å². The van der Waals surface area contributed by atoms with Gasteiger partial charge in [-0.1, -0.05) is 48.9 Å². The number of piperidine rings is 1. The second-order valence-corrected chi connectivity index (χ2v) is 11.2. The SMILES string of the molecule is O=C(C[C@@H](NCCc1cccc(C(F)(F)F)c1)c1ccc(F)cc1)N[C@@H]1CCOc2cc(CN3CCCCC3)ccc21. The number of ether oxygens (including phenoxy) is 1. The minimum atomic E-state index is -4.41. The van der Waals surface area contributed by atoms with Gasteiger partial charge >= 0.3 is 6.18 Å². The van der Waals surface area contributed by atoms with Crippen molar-refractivity contribution in [3.63, 3.8) is 0 Å². The topological polar surface area (TPSA) is 53.6 Å². The predicted molar refractivity (Wildman–Crippen MR) is 153 cm³/mol. The van der Waals surface area contributed by atoms with E-state index < -0.39 is 17.8 Å². The zero-order chi connectivity index (χ0) is 29.5. The maximum atomic E-state index is 13.6. The first kappa shape index (κ1) is 30.0. The number of hydrogen-bond donors (Lipinski definition) is 2. The minimum absolute atomic E-state index is 0.0912. The molecule has 1 amide bonds. The summed E-state index contributed by atoms with van der Waals surface area (Å²) in [4.78, 5) is 15.8. The Morgan fingerprint density at radius 3 is 2.52 bits per heavy atom. The van der Waals surface area contributed by atoms with Gasteiger partial charge in [-0.3, -0.25) is 9.69 Å². The van der Waals surface area contributed by atoms with Crippen molar-refractivity contribution in [1.29, 1.82) is 0 Å². The number of nitrogens with one attached hydrogen (secondary N) is 2. The molecule has 0 bridgehead atoms. The Kier molecular flexibility index (Phi) is 9.80. The molecule has 0 aromatic heterocycles. The van der Waals surface area contributed by atoms with Crippen LogP contribution in [-0.4, -0.2) is 37.0 Å². The van der Waals surface area contributed by atoms with Crippen LogP contribution >= 0.6 is 0 Å². The largest absolute Gasteiger partial charge is 0.493 e. The molecular weight excluding hydrogens is 546 g/mol. The predicted octanol–water partition coefficient (Wildman–Crippen LogP) is 6.73. The molecule has 0 spiro atoms. The van der Waals surface area contributed by atoms with Crippen LogP contribution in [0.1, 0.15) is 72.0 Å². The van der Waals surface area contributed by atoms with Gasteiger partial charge in [0.2, 0.25) is 5.91 Å². The summed E-state index contributed by atoms with van der Waals surface area (Å²) in [7, 11) is 0. The fraction of sp³-hybridized carbons (Fsp3) is 0.424. The van der Waals surface area contributed by atoms with Crippen molar-refractivity contribution in [2.75, 3.05) is 26.2 Å². The molecule has 3 aromatic rings. The van der Waals surface area contributed by atoms with Gasteiger partial charge in [0.15, 0.2) is 0 Å². The van der Waals surface area contributed by atoms with Crippen LogP contribution < -0.4 is 15.4 Å². The summed E-state index contributed by atoms with van der Waals surface area (Å²) in [6.45, 7) is 3.96. The summed E-state index contributed by atoms with van der Waals surface area (Å²) in [6.07, 6.45) is 0.427. The van der Waals surface area contributed by atoms with Crippen LogP contribution in [0, 0.1) is 5.82 Å². The quantitative estimate of drug-likeness (QED) is 0.260. The van der Waals surface area contributed by atoms with Gasteiger partial charge in [-0.05, 0) is 79.9 Å². The highest BCUT2D eigenvalue weighted by atomic mass is 19.4. The van der Waals surface area contributed by atoms with Gasteiger partial charge < -0.3 is 15.4 Å². The fourth-order valence-electron chi connectivity index (χ4n) is 5.79. The Hall–Kier alpha value is -3.43. The Morgan fingerprint density at radius 2 is 1.76 bits per heavy atom. The molecule has 9 heteroatoms. The molecule has 2 heterocycles. The summed E-state index contributed by atoms with van der Waals surface area (Å²) in [5.74, 6) is 0.242. The van der Waals surface area contributed by atoms with E-state index in [-0.39, 0.29) is 24.2 Å². The number of carbonyl (C=O) groups is 1. The smallest absolute Gasteiger partial charge is 0.416 e. The molecule has 5 nitrogen and oxygen atoms in total. The molecule has 224 valence electrons. The summed E-state index contributed by atoms with van der Waals surface area (Å²) in [6, 6.07) is 16.8. The van der Waals surface area contributed by atoms with Crippen molar-refractivity contribution >= 4 is 5.91 Å². The Morgan fingerprint density at radius 1 is 0.976 bits per heavy atom. The fourth-order valence-corrected chi connectivity index (χ4v) is 5.79. The summed E-state index contributed by atoms with van der Waals surface area (Å²) < 4.78 is 58.9. The standard InChI is InChI=1S/C33H37F4N3O2/c34-27-10-8-25(9-11-27)30(38-15-13-23-5-4-6-26(19-23)33(35,36)37)21-32(41)39-29-14-18-42-31-20-24(7-12-28(29)31)22-40-16-2-1-3-17-40/h4-12,19-20,29-30,38H,1-3,13-18,21-22H2,(H,39,41)/t29-,30-/m1/s1. The lowest BCUT2D eigenvalue weighted by molar-refractivity contribution is -0.137. The number of amides is 1. The molecule has 2 atom stereocenters. The zero-order valence-electron chi connectivity index (χ0n) is 23.6. The highest BCUT2D eigenvalue weighted by Crippen LogP contribution is 2.34. The first-order chi connectivity index (χ1) is 20.2. The van der Waals surface area contributed by atoms with Gasteiger partial charge in [0, 0.05) is 31.0 Å². The molecule has 2 aliphatic heterocycles. The molecule has 1 saturated heterocycles. The van der Waals surface area contributed by atoms with Crippen LogP contribution in [0.15, 0.2) is 66.7 Å². The van der Waals surface area contributed by atoms with Crippen LogP contribution in [0.3, 0.4) is 0 Å². The normalized spacial score (nSPS) is 18.1. The summed E-state index contributed by atoms with van der Waals surface area (Å²) in [5.41, 5.74) is 2.73. The van der Waals surface area contributed by atoms with E-state index in [1.54, 1.807) is 18.2 Å². The van der Waals surface area contributed by atoms with Crippen LogP contribution in [-0.2, 0) is 23.9 Å². The minimum Gasteiger partial charge on any atom is -0.493 e. The number of rotatable bonds is 10. The number of carbonyl (C=O) groups excluding carboxylic acids is 1. The second kappa shape index (κ2) is 13.7. The molecule has 2 aliphatic rings. The molecular formula is C33H37F4N3O2. The molecule has 0 saturated carbocycles. The first-order valence-electron chi connectivity index (χ1n) is 14.7. The lowest BCUT2D eigenvalue weighted by atomic mass is 9.97. The maximum absolute atomic E-state index is 13.6. The third kappa shape index (κ3) is 8.10. The maximum Gasteiger partial charge on any atom is 0.416 e. The van der Waals surface area contributed by atoms with E-state index in [2.05, 4.69) is 27.7 Å². The molecule has 0 aliphatic carbocycles. The first-order valence-corrected chi connectivity index (χ1v) is 14.7. The lowest BCUT2D eigenvalue weighted by Crippen LogP contribution is -2.35. The summed E-state index contributed by atoms with van der Waals surface area (Å²) >= 11 is 0. The number of alkyl halides is 3. The Bertz CT molecular complexity index is 1340. The molecule has 2 N–H and O–H groups in total. The van der Waals surface area contributed by atoms with Gasteiger partial charge in [-0.15, -0.1) is 0 Å². The van der Waals surface area contributed by atoms with Crippen molar-refractivity contribution in [3.05, 3.63) is 100 Å². The average molecular weight is 584 g/mol. The van der Waals surface area contributed by atoms with E-state index in [9.17, 15) is 22.4 Å². The molecule has 1 fully saturated rings. The zero-order valence-corrected chi connectivity index (χ0v) is 23.6. The van der Waals surface area contributed by atoms with E-state index >= 15 is 0 Å². The monoisotopic (exact) mass is 583 g/mol. The van der Waals surface area contributed by atoms with Gasteiger partial charge in [0.25, 0.3) is 0 Å². The number of likely N-dealkylation sites (tertiary alicyclic amines) is 1. The van der Waals surface area contributed by atoms with Crippen molar-refractivity contribution in [1.82, 2.24) is 15.5 Å². The van der Waals surface area contributed by atoms with Crippen LogP contribution in [0.25, 0.3) is 0 Å². The number of benzene rings is 3. The van der Waals surface area contributed by atoms with Gasteiger partial charge in [-0.25, -0.2) is 4.39 Å².